The van der Waals surface area contributed by atoms with E-state index in [0.717, 1.165) is 28.1 Å². The van der Waals surface area contributed by atoms with Crippen LogP contribution in [0.4, 0.5) is 0 Å². The van der Waals surface area contributed by atoms with Crippen LogP contribution in [0.25, 0.3) is 60.3 Å². The normalized spacial score (nSPS) is 14.6. The molecule has 5 heteroatoms. The van der Waals surface area contributed by atoms with Gasteiger partial charge in [0.15, 0.2) is 0 Å². The Labute approximate surface area is 289 Å². The van der Waals surface area contributed by atoms with Crippen LogP contribution in [0, 0.1) is 0 Å². The van der Waals surface area contributed by atoms with Crippen molar-refractivity contribution >= 4 is 55.3 Å². The summed E-state index contributed by atoms with van der Waals surface area (Å²) < 4.78 is 4.66. The van der Waals surface area contributed by atoms with Crippen LogP contribution >= 0.6 is 0 Å². The third kappa shape index (κ3) is 4.55. The molecular weight excluding hydrogens is 611 g/mol. The number of aliphatic imine (C=N–C) groups is 2. The molecule has 0 saturated carbocycles. The average Bonchev–Trinajstić information content (AvgIpc) is 3.71. The summed E-state index contributed by atoms with van der Waals surface area (Å²) in [4.78, 5) is 10.1. The molecule has 1 aliphatic rings. The van der Waals surface area contributed by atoms with Gasteiger partial charge in [0.1, 0.15) is 0 Å². The van der Waals surface area contributed by atoms with Gasteiger partial charge >= 0.3 is 0 Å². The third-order valence-electron chi connectivity index (χ3n) is 9.73. The van der Waals surface area contributed by atoms with Crippen LogP contribution in [-0.2, 0) is 0 Å². The fraction of sp³-hybridized carbons (Fsp3) is 0.0222. The molecule has 3 heterocycles. The SMILES string of the molecule is c1ccc(C2=NC(c3ccc(-n4c5ccccc5c5ccccc54)cc3)=NC(c3ccc(-n4c5ccccc5c5ccccc54)cc3)[N-]2)cc1. The number of nitrogens with zero attached hydrogens (tertiary/aromatic N) is 5. The highest BCUT2D eigenvalue weighted by Gasteiger charge is 2.17. The molecular formula is C45H30N5-. The molecule has 50 heavy (non-hydrogen) atoms. The van der Waals surface area contributed by atoms with Crippen molar-refractivity contribution in [3.05, 3.63) is 198 Å². The lowest BCUT2D eigenvalue weighted by Gasteiger charge is -2.32. The maximum atomic E-state index is 5.13. The highest BCUT2D eigenvalue weighted by molar-refractivity contribution is 6.19. The van der Waals surface area contributed by atoms with E-state index < -0.39 is 6.17 Å². The lowest BCUT2D eigenvalue weighted by Crippen LogP contribution is -2.16. The maximum absolute atomic E-state index is 5.13. The van der Waals surface area contributed by atoms with Crippen molar-refractivity contribution in [1.29, 1.82) is 0 Å². The van der Waals surface area contributed by atoms with E-state index >= 15 is 0 Å². The highest BCUT2D eigenvalue weighted by atomic mass is 15.2. The van der Waals surface area contributed by atoms with Gasteiger partial charge in [0.05, 0.1) is 34.1 Å². The second-order valence-corrected chi connectivity index (χ2v) is 12.6. The number of amidine groups is 2. The van der Waals surface area contributed by atoms with Crippen molar-refractivity contribution in [3.8, 4) is 11.4 Å². The highest BCUT2D eigenvalue weighted by Crippen LogP contribution is 2.36. The van der Waals surface area contributed by atoms with Crippen LogP contribution in [0.1, 0.15) is 22.9 Å². The first-order valence-electron chi connectivity index (χ1n) is 16.9. The van der Waals surface area contributed by atoms with Gasteiger partial charge in [-0.2, -0.15) is 0 Å². The van der Waals surface area contributed by atoms with Gasteiger partial charge in [0.25, 0.3) is 0 Å². The molecule has 10 rings (SSSR count). The molecule has 9 aromatic rings. The summed E-state index contributed by atoms with van der Waals surface area (Å²) in [5.41, 5.74) is 9.86. The van der Waals surface area contributed by atoms with Gasteiger partial charge in [-0.05, 0) is 65.2 Å². The summed E-state index contributed by atoms with van der Waals surface area (Å²) in [5, 5.41) is 10.1. The minimum atomic E-state index is -0.429. The topological polar surface area (TPSA) is 48.7 Å². The van der Waals surface area contributed by atoms with Crippen LogP contribution in [0.3, 0.4) is 0 Å². The standard InChI is InChI=1S/C45H30N5/c1-2-12-30(13-3-1)43-46-44(31-22-26-33(27-23-31)49-39-18-8-4-14-35(39)36-15-5-9-19-40(36)49)48-45(47-43)32-24-28-34(29-25-32)50-41-20-10-6-16-37(41)38-17-7-11-21-42(38)50/h1-29,44H/q-1. The summed E-state index contributed by atoms with van der Waals surface area (Å²) in [5.74, 6) is 1.35. The Morgan fingerprint density at radius 2 is 0.820 bits per heavy atom. The zero-order chi connectivity index (χ0) is 33.0. The molecule has 0 bridgehead atoms. The molecule has 0 N–H and O–H groups in total. The first-order valence-corrected chi connectivity index (χ1v) is 16.9. The number of rotatable bonds is 5. The molecule has 0 spiro atoms. The predicted octanol–water partition coefficient (Wildman–Crippen LogP) is 11.2. The zero-order valence-corrected chi connectivity index (χ0v) is 27.1. The fourth-order valence-electron chi connectivity index (χ4n) is 7.39. The Kier molecular flexibility index (Phi) is 6.49. The zero-order valence-electron chi connectivity index (χ0n) is 27.1. The van der Waals surface area contributed by atoms with E-state index in [1.807, 2.05) is 18.2 Å². The summed E-state index contributed by atoms with van der Waals surface area (Å²) in [6.45, 7) is 0. The van der Waals surface area contributed by atoms with Crippen molar-refractivity contribution in [2.45, 2.75) is 6.17 Å². The number of aromatic nitrogens is 2. The first-order chi connectivity index (χ1) is 24.8. The summed E-state index contributed by atoms with van der Waals surface area (Å²) in [6, 6.07) is 61.7. The minimum absolute atomic E-state index is 0.429. The van der Waals surface area contributed by atoms with Gasteiger partial charge in [-0.15, -0.1) is 0 Å². The lowest BCUT2D eigenvalue weighted by atomic mass is 10.1. The number of para-hydroxylation sites is 4. The number of hydrogen-bond acceptors (Lipinski definition) is 2. The second kappa shape index (κ2) is 11.5. The number of hydrogen-bond donors (Lipinski definition) is 0. The van der Waals surface area contributed by atoms with Crippen LogP contribution in [0.5, 0.6) is 0 Å². The van der Waals surface area contributed by atoms with Gasteiger partial charge in [0, 0.05) is 32.9 Å². The van der Waals surface area contributed by atoms with Gasteiger partial charge in [-0.3, -0.25) is 4.99 Å². The average molecular weight is 641 g/mol. The molecule has 5 nitrogen and oxygen atoms in total. The number of fused-ring (bicyclic) bond motifs is 6. The Bertz CT molecular complexity index is 2660. The van der Waals surface area contributed by atoms with Crippen LogP contribution in [0.2, 0.25) is 0 Å². The smallest absolute Gasteiger partial charge is 0.0822 e. The summed E-state index contributed by atoms with van der Waals surface area (Å²) in [7, 11) is 0. The fourth-order valence-corrected chi connectivity index (χ4v) is 7.39. The molecule has 7 aromatic carbocycles. The summed E-state index contributed by atoms with van der Waals surface area (Å²) >= 11 is 0. The largest absolute Gasteiger partial charge is 0.438 e. The Hall–Kier alpha value is -6.72. The van der Waals surface area contributed by atoms with Crippen molar-refractivity contribution in [2.24, 2.45) is 9.98 Å². The Morgan fingerprint density at radius 3 is 1.30 bits per heavy atom. The predicted molar refractivity (Wildman–Crippen MR) is 207 cm³/mol. The molecule has 2 aromatic heterocycles. The Morgan fingerprint density at radius 1 is 0.400 bits per heavy atom. The van der Waals surface area contributed by atoms with Crippen molar-refractivity contribution in [2.75, 3.05) is 0 Å². The van der Waals surface area contributed by atoms with Gasteiger partial charge in [-0.25, -0.2) is 0 Å². The van der Waals surface area contributed by atoms with E-state index in [0.29, 0.717) is 11.7 Å². The molecule has 0 aliphatic carbocycles. The van der Waals surface area contributed by atoms with Crippen molar-refractivity contribution in [3.63, 3.8) is 0 Å². The van der Waals surface area contributed by atoms with Crippen LogP contribution in [0.15, 0.2) is 186 Å². The second-order valence-electron chi connectivity index (χ2n) is 12.6. The molecule has 1 atom stereocenters. The molecule has 1 unspecified atom stereocenters. The quantitative estimate of drug-likeness (QED) is 0.180. The Balaban J connectivity index is 1.04. The van der Waals surface area contributed by atoms with E-state index in [-0.39, 0.29) is 0 Å². The molecule has 236 valence electrons. The molecule has 0 saturated heterocycles. The maximum Gasteiger partial charge on any atom is 0.0822 e. The lowest BCUT2D eigenvalue weighted by molar-refractivity contribution is 0.877. The van der Waals surface area contributed by atoms with Crippen molar-refractivity contribution < 1.29 is 0 Å². The van der Waals surface area contributed by atoms with Crippen molar-refractivity contribution in [1.82, 2.24) is 9.13 Å². The van der Waals surface area contributed by atoms with E-state index in [2.05, 4.69) is 167 Å². The van der Waals surface area contributed by atoms with Gasteiger partial charge in [0.2, 0.25) is 0 Å². The van der Waals surface area contributed by atoms with E-state index in [1.165, 1.54) is 43.6 Å². The molecule has 1 aliphatic heterocycles. The molecule has 0 fully saturated rings. The van der Waals surface area contributed by atoms with Gasteiger partial charge in [-0.1, -0.05) is 133 Å². The molecule has 0 amide bonds. The van der Waals surface area contributed by atoms with E-state index in [4.69, 9.17) is 15.3 Å². The van der Waals surface area contributed by atoms with Crippen LogP contribution < -0.4 is 0 Å². The van der Waals surface area contributed by atoms with Crippen LogP contribution in [-0.4, -0.2) is 20.8 Å². The monoisotopic (exact) mass is 640 g/mol. The first kappa shape index (κ1) is 28.3. The third-order valence-corrected chi connectivity index (χ3v) is 9.73. The number of benzene rings is 7. The van der Waals surface area contributed by atoms with E-state index in [9.17, 15) is 0 Å². The van der Waals surface area contributed by atoms with E-state index in [1.54, 1.807) is 0 Å². The molecule has 0 radical (unpaired) electrons. The minimum Gasteiger partial charge on any atom is -0.438 e. The summed E-state index contributed by atoms with van der Waals surface area (Å²) in [6.07, 6.45) is -0.429. The van der Waals surface area contributed by atoms with Gasteiger partial charge < -0.3 is 19.4 Å².